The van der Waals surface area contributed by atoms with Gasteiger partial charge in [-0.1, -0.05) is 15.9 Å². The fourth-order valence-electron chi connectivity index (χ4n) is 2.70. The van der Waals surface area contributed by atoms with E-state index in [0.29, 0.717) is 5.56 Å². The number of likely N-dealkylation sites (N-methyl/N-ethyl adjacent to an activating group) is 1. The van der Waals surface area contributed by atoms with Crippen molar-refractivity contribution in [3.63, 3.8) is 0 Å². The van der Waals surface area contributed by atoms with Crippen LogP contribution in [-0.2, 0) is 0 Å². The highest BCUT2D eigenvalue weighted by atomic mass is 79.9. The largest absolute Gasteiger partial charge is 0.354 e. The molecule has 1 aliphatic heterocycles. The average molecular weight is 389 g/mol. The second kappa shape index (κ2) is 7.32. The molecule has 6 heteroatoms. The highest BCUT2D eigenvalue weighted by Crippen LogP contribution is 2.21. The Hall–Kier alpha value is -1.92. The van der Waals surface area contributed by atoms with Gasteiger partial charge in [-0.05, 0) is 49.9 Å². The molecule has 1 aliphatic rings. The Bertz CT molecular complexity index is 724. The predicted octanol–water partition coefficient (Wildman–Crippen LogP) is 3.16. The van der Waals surface area contributed by atoms with Crippen molar-refractivity contribution >= 4 is 33.3 Å². The van der Waals surface area contributed by atoms with Crippen LogP contribution in [0.5, 0.6) is 0 Å². The summed E-state index contributed by atoms with van der Waals surface area (Å²) in [6.07, 6.45) is 1.65. The van der Waals surface area contributed by atoms with Gasteiger partial charge in [0.2, 0.25) is 0 Å². The fraction of sp³-hybridized carbons (Fsp3) is 0.333. The topological polar surface area (TPSA) is 48.5 Å². The number of amides is 1. The van der Waals surface area contributed by atoms with Gasteiger partial charge in [0.25, 0.3) is 5.91 Å². The summed E-state index contributed by atoms with van der Waals surface area (Å²) < 4.78 is 0.996. The molecule has 0 bridgehead atoms. The van der Waals surface area contributed by atoms with Crippen LogP contribution < -0.4 is 10.2 Å². The summed E-state index contributed by atoms with van der Waals surface area (Å²) in [6.45, 7) is 5.97. The van der Waals surface area contributed by atoms with Crippen molar-refractivity contribution in [1.29, 1.82) is 0 Å². The molecule has 1 aromatic heterocycles. The zero-order chi connectivity index (χ0) is 17.1. The van der Waals surface area contributed by atoms with Gasteiger partial charge in [-0.25, -0.2) is 4.98 Å². The van der Waals surface area contributed by atoms with Crippen molar-refractivity contribution in [2.75, 3.05) is 43.4 Å². The van der Waals surface area contributed by atoms with Crippen LogP contribution in [0, 0.1) is 6.92 Å². The second-order valence-corrected chi connectivity index (χ2v) is 7.02. The summed E-state index contributed by atoms with van der Waals surface area (Å²) in [5.41, 5.74) is 2.39. The number of carbonyl (C=O) groups excluding carboxylic acids is 1. The van der Waals surface area contributed by atoms with Crippen molar-refractivity contribution < 1.29 is 4.79 Å². The van der Waals surface area contributed by atoms with Gasteiger partial charge in [0.15, 0.2) is 0 Å². The van der Waals surface area contributed by atoms with Crippen LogP contribution in [0.2, 0.25) is 0 Å². The van der Waals surface area contributed by atoms with Crippen LogP contribution in [0.25, 0.3) is 0 Å². The van der Waals surface area contributed by atoms with Gasteiger partial charge in [0, 0.05) is 42.5 Å². The molecule has 0 radical (unpaired) electrons. The SMILES string of the molecule is Cc1cc(Br)ccc1NC(=O)c1ccc(N2CCN(C)CC2)nc1. The van der Waals surface area contributed by atoms with E-state index >= 15 is 0 Å². The molecule has 0 saturated carbocycles. The summed E-state index contributed by atoms with van der Waals surface area (Å²) in [4.78, 5) is 21.4. The predicted molar refractivity (Wildman–Crippen MR) is 101 cm³/mol. The monoisotopic (exact) mass is 388 g/mol. The molecule has 2 aromatic rings. The average Bonchev–Trinajstić information content (AvgIpc) is 2.58. The molecule has 24 heavy (non-hydrogen) atoms. The van der Waals surface area contributed by atoms with E-state index in [0.717, 1.165) is 47.7 Å². The lowest BCUT2D eigenvalue weighted by Gasteiger charge is -2.33. The van der Waals surface area contributed by atoms with Crippen molar-refractivity contribution in [2.24, 2.45) is 0 Å². The maximum absolute atomic E-state index is 12.4. The molecular weight excluding hydrogens is 368 g/mol. The van der Waals surface area contributed by atoms with Gasteiger partial charge in [-0.15, -0.1) is 0 Å². The Morgan fingerprint density at radius 3 is 2.54 bits per heavy atom. The number of piperazine rings is 1. The number of hydrogen-bond acceptors (Lipinski definition) is 4. The van der Waals surface area contributed by atoms with Gasteiger partial charge in [-0.3, -0.25) is 4.79 Å². The van der Waals surface area contributed by atoms with E-state index < -0.39 is 0 Å². The third-order valence-electron chi connectivity index (χ3n) is 4.27. The van der Waals surface area contributed by atoms with Crippen LogP contribution in [0.4, 0.5) is 11.5 Å². The maximum Gasteiger partial charge on any atom is 0.257 e. The molecule has 126 valence electrons. The summed E-state index contributed by atoms with van der Waals surface area (Å²) in [7, 11) is 2.13. The fourth-order valence-corrected chi connectivity index (χ4v) is 3.18. The normalized spacial score (nSPS) is 15.4. The number of carbonyl (C=O) groups is 1. The molecule has 0 atom stereocenters. The van der Waals surface area contributed by atoms with Crippen LogP contribution >= 0.6 is 15.9 Å². The quantitative estimate of drug-likeness (QED) is 0.876. The van der Waals surface area contributed by atoms with Crippen molar-refractivity contribution in [3.05, 3.63) is 52.1 Å². The zero-order valence-electron chi connectivity index (χ0n) is 13.9. The summed E-state index contributed by atoms with van der Waals surface area (Å²) >= 11 is 3.43. The molecule has 5 nitrogen and oxygen atoms in total. The number of pyridine rings is 1. The number of nitrogens with zero attached hydrogens (tertiary/aromatic N) is 3. The van der Waals surface area contributed by atoms with E-state index in [1.807, 2.05) is 37.3 Å². The number of anilines is 2. The third-order valence-corrected chi connectivity index (χ3v) is 4.77. The summed E-state index contributed by atoms with van der Waals surface area (Å²) in [5, 5.41) is 2.94. The first-order valence-corrected chi connectivity index (χ1v) is 8.79. The number of benzene rings is 1. The highest BCUT2D eigenvalue weighted by molar-refractivity contribution is 9.10. The van der Waals surface area contributed by atoms with E-state index in [-0.39, 0.29) is 5.91 Å². The number of nitrogens with one attached hydrogen (secondary N) is 1. The number of aryl methyl sites for hydroxylation is 1. The van der Waals surface area contributed by atoms with E-state index in [1.165, 1.54) is 0 Å². The zero-order valence-corrected chi connectivity index (χ0v) is 15.5. The van der Waals surface area contributed by atoms with E-state index in [4.69, 9.17) is 0 Å². The molecule has 1 N–H and O–H groups in total. The van der Waals surface area contributed by atoms with Gasteiger partial charge in [0.1, 0.15) is 5.82 Å². The van der Waals surface area contributed by atoms with Crippen LogP contribution in [0.15, 0.2) is 41.0 Å². The smallest absolute Gasteiger partial charge is 0.257 e. The highest BCUT2D eigenvalue weighted by Gasteiger charge is 2.16. The molecule has 0 aliphatic carbocycles. The minimum atomic E-state index is -0.141. The van der Waals surface area contributed by atoms with Crippen LogP contribution in [0.3, 0.4) is 0 Å². The molecule has 1 fully saturated rings. The van der Waals surface area contributed by atoms with Gasteiger partial charge >= 0.3 is 0 Å². The molecule has 0 spiro atoms. The Balaban J connectivity index is 1.67. The third kappa shape index (κ3) is 3.94. The minimum absolute atomic E-state index is 0.141. The van der Waals surface area contributed by atoms with Crippen molar-refractivity contribution in [1.82, 2.24) is 9.88 Å². The number of hydrogen-bond donors (Lipinski definition) is 1. The van der Waals surface area contributed by atoms with E-state index in [2.05, 4.69) is 43.1 Å². The van der Waals surface area contributed by atoms with Gasteiger partial charge in [0.05, 0.1) is 5.56 Å². The Morgan fingerprint density at radius 2 is 1.92 bits per heavy atom. The molecule has 1 amide bonds. The van der Waals surface area contributed by atoms with Gasteiger partial charge < -0.3 is 15.1 Å². The lowest BCUT2D eigenvalue weighted by atomic mass is 10.2. The van der Waals surface area contributed by atoms with E-state index in [9.17, 15) is 4.79 Å². The van der Waals surface area contributed by atoms with Crippen LogP contribution in [0.1, 0.15) is 15.9 Å². The first-order chi connectivity index (χ1) is 11.5. The second-order valence-electron chi connectivity index (χ2n) is 6.11. The van der Waals surface area contributed by atoms with Crippen molar-refractivity contribution in [2.45, 2.75) is 6.92 Å². The Morgan fingerprint density at radius 1 is 1.17 bits per heavy atom. The number of halogens is 1. The first-order valence-electron chi connectivity index (χ1n) is 8.00. The molecule has 1 saturated heterocycles. The Kier molecular flexibility index (Phi) is 5.16. The van der Waals surface area contributed by atoms with E-state index in [1.54, 1.807) is 6.20 Å². The standard InChI is InChI=1S/C18H21BrN4O/c1-13-11-15(19)4-5-16(13)21-18(24)14-3-6-17(20-12-14)23-9-7-22(2)8-10-23/h3-6,11-12H,7-10H2,1-2H3,(H,21,24). The summed E-state index contributed by atoms with van der Waals surface area (Å²) in [5.74, 6) is 0.789. The first kappa shape index (κ1) is 16.9. The molecule has 2 heterocycles. The maximum atomic E-state index is 12.4. The number of rotatable bonds is 3. The Labute approximate surface area is 150 Å². The molecule has 3 rings (SSSR count). The van der Waals surface area contributed by atoms with Crippen molar-refractivity contribution in [3.8, 4) is 0 Å². The van der Waals surface area contributed by atoms with Gasteiger partial charge in [-0.2, -0.15) is 0 Å². The van der Waals surface area contributed by atoms with Crippen LogP contribution in [-0.4, -0.2) is 49.0 Å². The molecule has 1 aromatic carbocycles. The molecule has 0 unspecified atom stereocenters. The summed E-state index contributed by atoms with van der Waals surface area (Å²) in [6, 6.07) is 9.55. The minimum Gasteiger partial charge on any atom is -0.354 e. The molecular formula is C18H21BrN4O. The lowest BCUT2D eigenvalue weighted by Crippen LogP contribution is -2.44. The number of aromatic nitrogens is 1. The lowest BCUT2D eigenvalue weighted by molar-refractivity contribution is 0.102.